The fourth-order valence-electron chi connectivity index (χ4n) is 4.23. The van der Waals surface area contributed by atoms with Crippen molar-refractivity contribution < 1.29 is 14.4 Å². The van der Waals surface area contributed by atoms with Gasteiger partial charge < -0.3 is 0 Å². The Morgan fingerprint density at radius 2 is 0.761 bits per heavy atom. The molecule has 0 aromatic heterocycles. The van der Waals surface area contributed by atoms with E-state index in [1.54, 1.807) is 18.2 Å². The maximum Gasteiger partial charge on any atom is 0.186 e. The Labute approximate surface area is 281 Å². The third kappa shape index (κ3) is 13.2. The standard InChI is InChI=1S/2C11H11BO.C9H6O.C3H9B.3C2H6/c1-12(2)9-4-5-10-8(7-9)3-6-11(10)13;1-12(2)9-5-3-8-4-6-11(13)10(8)7-9;10-9-6-5-7-3-1-2-4-8(7)9;1-4(2)3;3*1-2/h2*3-7H,1-2H3;1-6H;1-3H3;3*1-2H3. The van der Waals surface area contributed by atoms with Gasteiger partial charge in [-0.25, -0.2) is 0 Å². The molecule has 3 aromatic carbocycles. The summed E-state index contributed by atoms with van der Waals surface area (Å²) in [5.74, 6) is 0.387. The summed E-state index contributed by atoms with van der Waals surface area (Å²) in [7, 11) is 0. The van der Waals surface area contributed by atoms with Gasteiger partial charge in [0.05, 0.1) is 0 Å². The summed E-state index contributed by atoms with van der Waals surface area (Å²) in [6.07, 6.45) is 10.5. The monoisotopic (exact) mass is 616 g/mol. The fourth-order valence-corrected chi connectivity index (χ4v) is 4.23. The van der Waals surface area contributed by atoms with Gasteiger partial charge in [-0.1, -0.05) is 179 Å². The minimum absolute atomic E-state index is 0.121. The van der Waals surface area contributed by atoms with Crippen molar-refractivity contribution >= 4 is 66.6 Å². The predicted molar refractivity (Wildman–Crippen MR) is 211 cm³/mol. The van der Waals surface area contributed by atoms with E-state index in [4.69, 9.17) is 0 Å². The lowest BCUT2D eigenvalue weighted by molar-refractivity contribution is 0.104. The molecule has 0 fully saturated rings. The average Bonchev–Trinajstić information content (AvgIpc) is 3.76. The fraction of sp³-hybridized carbons (Fsp3) is 0.325. The summed E-state index contributed by atoms with van der Waals surface area (Å²) in [6.45, 7) is 28.9. The topological polar surface area (TPSA) is 51.2 Å². The van der Waals surface area contributed by atoms with Gasteiger partial charge in [0.25, 0.3) is 0 Å². The van der Waals surface area contributed by atoms with Gasteiger partial charge in [0.1, 0.15) is 6.71 Å². The van der Waals surface area contributed by atoms with Crippen molar-refractivity contribution in [3.8, 4) is 0 Å². The van der Waals surface area contributed by atoms with E-state index < -0.39 is 0 Å². The van der Waals surface area contributed by atoms with Gasteiger partial charge >= 0.3 is 0 Å². The quantitative estimate of drug-likeness (QED) is 0.270. The summed E-state index contributed by atoms with van der Waals surface area (Å²) in [5, 5.41) is 0. The second-order valence-corrected chi connectivity index (χ2v) is 11.4. The van der Waals surface area contributed by atoms with E-state index in [0.29, 0.717) is 13.4 Å². The summed E-state index contributed by atoms with van der Waals surface area (Å²) >= 11 is 0. The second-order valence-electron chi connectivity index (χ2n) is 11.4. The number of benzene rings is 3. The highest BCUT2D eigenvalue weighted by molar-refractivity contribution is 6.71. The molecule has 0 N–H and O–H groups in total. The van der Waals surface area contributed by atoms with Gasteiger partial charge in [0.2, 0.25) is 0 Å². The van der Waals surface area contributed by atoms with Gasteiger partial charge in [-0.3, -0.25) is 14.4 Å². The van der Waals surface area contributed by atoms with Crippen LogP contribution < -0.4 is 10.9 Å². The van der Waals surface area contributed by atoms with Crippen LogP contribution in [0.15, 0.2) is 78.9 Å². The minimum Gasteiger partial charge on any atom is -0.289 e. The molecule has 46 heavy (non-hydrogen) atoms. The molecule has 3 aliphatic carbocycles. The molecule has 0 heterocycles. The van der Waals surface area contributed by atoms with Gasteiger partial charge in [0, 0.05) is 16.7 Å². The van der Waals surface area contributed by atoms with E-state index in [1.807, 2.05) is 108 Å². The Morgan fingerprint density at radius 3 is 1.24 bits per heavy atom. The highest BCUT2D eigenvalue weighted by atomic mass is 16.1. The lowest BCUT2D eigenvalue weighted by Crippen LogP contribution is -2.23. The van der Waals surface area contributed by atoms with E-state index in [2.05, 4.69) is 59.9 Å². The predicted octanol–water partition coefficient (Wildman–Crippen LogP) is 10.1. The molecule has 0 aliphatic heterocycles. The normalized spacial score (nSPS) is 11.5. The zero-order valence-corrected chi connectivity index (χ0v) is 30.7. The Bertz CT molecular complexity index is 1490. The number of hydrogen-bond acceptors (Lipinski definition) is 3. The van der Waals surface area contributed by atoms with Crippen molar-refractivity contribution in [2.45, 2.75) is 89.3 Å². The van der Waals surface area contributed by atoms with Gasteiger partial charge in [0.15, 0.2) is 30.8 Å². The molecular weight excluding hydrogens is 561 g/mol. The van der Waals surface area contributed by atoms with E-state index >= 15 is 0 Å². The number of ketones is 3. The van der Waals surface area contributed by atoms with E-state index in [-0.39, 0.29) is 17.3 Å². The zero-order valence-electron chi connectivity index (χ0n) is 30.7. The molecule has 0 spiro atoms. The average molecular weight is 616 g/mol. The van der Waals surface area contributed by atoms with Crippen LogP contribution in [0.2, 0.25) is 47.8 Å². The van der Waals surface area contributed by atoms with Crippen LogP contribution >= 0.6 is 0 Å². The maximum absolute atomic E-state index is 11.4. The molecule has 242 valence electrons. The molecular formula is C40H55B3O3. The lowest BCUT2D eigenvalue weighted by atomic mass is 9.49. The zero-order chi connectivity index (χ0) is 35.4. The molecule has 6 rings (SSSR count). The van der Waals surface area contributed by atoms with E-state index in [1.165, 1.54) is 10.9 Å². The number of rotatable bonds is 2. The van der Waals surface area contributed by atoms with Gasteiger partial charge in [-0.15, -0.1) is 0 Å². The Balaban J connectivity index is 0.000000582. The molecule has 0 amide bonds. The molecule has 0 unspecified atom stereocenters. The van der Waals surface area contributed by atoms with Crippen LogP contribution in [-0.4, -0.2) is 37.5 Å². The van der Waals surface area contributed by atoms with Crippen LogP contribution in [0.1, 0.15) is 89.3 Å². The SMILES string of the molecule is CB(C)C.CB(C)c1ccc2c(c1)C(=O)C=C2.CB(C)c1ccc2c(c1)C=CC2=O.CC.CC.CC.O=C1C=Cc2ccccc21. The second kappa shape index (κ2) is 22.6. The third-order valence-electron chi connectivity index (χ3n) is 6.49. The molecule has 0 bridgehead atoms. The summed E-state index contributed by atoms with van der Waals surface area (Å²) < 4.78 is 0. The Morgan fingerprint density at radius 1 is 0.391 bits per heavy atom. The molecule has 3 aliphatic rings. The van der Waals surface area contributed by atoms with Crippen LogP contribution in [0, 0.1) is 0 Å². The van der Waals surface area contributed by atoms with Gasteiger partial charge in [-0.2, -0.15) is 0 Å². The minimum atomic E-state index is 0.121. The molecule has 0 radical (unpaired) electrons. The molecule has 3 aromatic rings. The first-order valence-corrected chi connectivity index (χ1v) is 17.0. The van der Waals surface area contributed by atoms with Crippen LogP contribution in [0.4, 0.5) is 0 Å². The summed E-state index contributed by atoms with van der Waals surface area (Å²) in [6, 6.07) is 19.8. The van der Waals surface area contributed by atoms with Crippen molar-refractivity contribution in [2.75, 3.05) is 0 Å². The van der Waals surface area contributed by atoms with Crippen LogP contribution in [0.5, 0.6) is 0 Å². The smallest absolute Gasteiger partial charge is 0.186 e. The maximum atomic E-state index is 11.4. The van der Waals surface area contributed by atoms with Crippen molar-refractivity contribution in [1.82, 2.24) is 0 Å². The third-order valence-corrected chi connectivity index (χ3v) is 6.49. The van der Waals surface area contributed by atoms with Crippen LogP contribution in [0.3, 0.4) is 0 Å². The first kappa shape index (κ1) is 42.1. The van der Waals surface area contributed by atoms with E-state index in [0.717, 1.165) is 40.1 Å². The number of carbonyl (C=O) groups excluding carboxylic acids is 3. The van der Waals surface area contributed by atoms with Crippen molar-refractivity contribution in [2.24, 2.45) is 0 Å². The number of carbonyl (C=O) groups is 3. The largest absolute Gasteiger partial charge is 0.289 e. The molecule has 3 nitrogen and oxygen atoms in total. The van der Waals surface area contributed by atoms with E-state index in [9.17, 15) is 14.4 Å². The highest BCUT2D eigenvalue weighted by Crippen LogP contribution is 2.19. The first-order valence-electron chi connectivity index (χ1n) is 17.0. The van der Waals surface area contributed by atoms with Crippen LogP contribution in [-0.2, 0) is 0 Å². The van der Waals surface area contributed by atoms with Crippen molar-refractivity contribution in [3.05, 3.63) is 112 Å². The van der Waals surface area contributed by atoms with Crippen LogP contribution in [0.25, 0.3) is 18.2 Å². The summed E-state index contributed by atoms with van der Waals surface area (Å²) in [4.78, 5) is 33.6. The number of fused-ring (bicyclic) bond motifs is 3. The molecule has 0 saturated heterocycles. The van der Waals surface area contributed by atoms with Gasteiger partial charge in [-0.05, 0) is 34.9 Å². The first-order chi connectivity index (χ1) is 22.0. The molecule has 0 atom stereocenters. The highest BCUT2D eigenvalue weighted by Gasteiger charge is 2.16. The number of allylic oxidation sites excluding steroid dienone is 3. The Kier molecular flexibility index (Phi) is 20.6. The molecule has 6 heteroatoms. The lowest BCUT2D eigenvalue weighted by Gasteiger charge is -2.04. The number of hydrogen-bond donors (Lipinski definition) is 0. The molecule has 0 saturated carbocycles. The van der Waals surface area contributed by atoms with Crippen molar-refractivity contribution in [3.63, 3.8) is 0 Å². The summed E-state index contributed by atoms with van der Waals surface area (Å²) in [5.41, 5.74) is 8.19. The Hall–Kier alpha value is -3.92. The van der Waals surface area contributed by atoms with Crippen molar-refractivity contribution in [1.29, 1.82) is 0 Å².